The maximum absolute atomic E-state index is 12.4. The van der Waals surface area contributed by atoms with Crippen molar-refractivity contribution < 1.29 is 23.5 Å². The zero-order chi connectivity index (χ0) is 9.94. The highest BCUT2D eigenvalue weighted by atomic mass is 19.3. The molecule has 12 heavy (non-hydrogen) atoms. The molecule has 0 rings (SSSR count). The average molecular weight is 181 g/mol. The van der Waals surface area contributed by atoms with Gasteiger partial charge in [0, 0.05) is 14.0 Å². The second kappa shape index (κ2) is 3.46. The minimum Gasteiger partial charge on any atom is -0.477 e. The molecule has 0 aliphatic carbocycles. The lowest BCUT2D eigenvalue weighted by Crippen LogP contribution is -2.42. The third-order valence-electron chi connectivity index (χ3n) is 1.29. The van der Waals surface area contributed by atoms with Crippen LogP contribution in [-0.2, 0) is 9.59 Å². The van der Waals surface area contributed by atoms with E-state index in [0.717, 1.165) is 14.0 Å². The topological polar surface area (TPSA) is 57.6 Å². The summed E-state index contributed by atoms with van der Waals surface area (Å²) < 4.78 is 24.7. The zero-order valence-corrected chi connectivity index (χ0v) is 6.67. The van der Waals surface area contributed by atoms with Crippen LogP contribution in [-0.4, -0.2) is 41.4 Å². The number of carbonyl (C=O) groups is 2. The number of halogens is 2. The van der Waals surface area contributed by atoms with Crippen LogP contribution in [0.2, 0.25) is 0 Å². The van der Waals surface area contributed by atoms with E-state index in [-0.39, 0.29) is 0 Å². The first kappa shape index (κ1) is 10.8. The van der Waals surface area contributed by atoms with Crippen molar-refractivity contribution in [2.75, 3.05) is 13.6 Å². The van der Waals surface area contributed by atoms with Gasteiger partial charge in [-0.15, -0.1) is 0 Å². The first-order valence-electron chi connectivity index (χ1n) is 3.10. The summed E-state index contributed by atoms with van der Waals surface area (Å²) in [6.45, 7) is -0.0183. The summed E-state index contributed by atoms with van der Waals surface area (Å²) in [6.07, 6.45) is 0. The molecule has 0 aromatic heterocycles. The van der Waals surface area contributed by atoms with Gasteiger partial charge in [-0.1, -0.05) is 0 Å². The molecule has 0 spiro atoms. The Morgan fingerprint density at radius 1 is 1.50 bits per heavy atom. The van der Waals surface area contributed by atoms with E-state index in [1.54, 1.807) is 0 Å². The number of carboxylic acid groups (broad SMARTS) is 1. The maximum atomic E-state index is 12.4. The molecule has 0 bridgehead atoms. The van der Waals surface area contributed by atoms with Gasteiger partial charge in [-0.3, -0.25) is 4.79 Å². The number of amides is 1. The Morgan fingerprint density at radius 3 is 2.17 bits per heavy atom. The molecule has 0 aliphatic heterocycles. The van der Waals surface area contributed by atoms with Gasteiger partial charge < -0.3 is 10.0 Å². The molecule has 0 heterocycles. The minimum absolute atomic E-state index is 0.601. The molecular formula is C6H9F2NO3. The summed E-state index contributed by atoms with van der Waals surface area (Å²) in [5, 5.41) is 7.98. The molecular weight excluding hydrogens is 172 g/mol. The van der Waals surface area contributed by atoms with Gasteiger partial charge in [0.05, 0.1) is 6.54 Å². The summed E-state index contributed by atoms with van der Waals surface area (Å²) in [5.74, 6) is -6.70. The SMILES string of the molecule is CC(=O)N(C)CC(F)(F)C(=O)O. The summed E-state index contributed by atoms with van der Waals surface area (Å²) >= 11 is 0. The number of carbonyl (C=O) groups excluding carboxylic acids is 1. The van der Waals surface area contributed by atoms with Crippen LogP contribution in [0, 0.1) is 0 Å². The molecule has 0 saturated heterocycles. The van der Waals surface area contributed by atoms with E-state index in [1.165, 1.54) is 0 Å². The fourth-order valence-electron chi connectivity index (χ4n) is 0.477. The van der Waals surface area contributed by atoms with E-state index in [9.17, 15) is 18.4 Å². The molecule has 6 heteroatoms. The van der Waals surface area contributed by atoms with Gasteiger partial charge >= 0.3 is 11.9 Å². The Kier molecular flexibility index (Phi) is 3.12. The van der Waals surface area contributed by atoms with E-state index < -0.39 is 24.3 Å². The van der Waals surface area contributed by atoms with Crippen LogP contribution in [0.15, 0.2) is 0 Å². The maximum Gasteiger partial charge on any atom is 0.376 e. The largest absolute Gasteiger partial charge is 0.477 e. The molecule has 0 unspecified atom stereocenters. The summed E-state index contributed by atoms with van der Waals surface area (Å²) in [4.78, 5) is 21.0. The smallest absolute Gasteiger partial charge is 0.376 e. The Labute approximate surface area is 67.8 Å². The molecule has 70 valence electrons. The van der Waals surface area contributed by atoms with Crippen molar-refractivity contribution in [1.29, 1.82) is 0 Å². The third kappa shape index (κ3) is 2.81. The molecule has 0 aromatic rings. The fourth-order valence-corrected chi connectivity index (χ4v) is 0.477. The highest BCUT2D eigenvalue weighted by molar-refractivity contribution is 5.78. The van der Waals surface area contributed by atoms with Crippen molar-refractivity contribution >= 4 is 11.9 Å². The van der Waals surface area contributed by atoms with Gasteiger partial charge in [-0.25, -0.2) is 4.79 Å². The number of alkyl halides is 2. The van der Waals surface area contributed by atoms with Crippen LogP contribution in [0.5, 0.6) is 0 Å². The Bertz CT molecular complexity index is 205. The van der Waals surface area contributed by atoms with Crippen molar-refractivity contribution in [3.8, 4) is 0 Å². The Morgan fingerprint density at radius 2 is 1.92 bits per heavy atom. The minimum atomic E-state index is -3.87. The van der Waals surface area contributed by atoms with Crippen LogP contribution in [0.3, 0.4) is 0 Å². The van der Waals surface area contributed by atoms with Crippen molar-refractivity contribution in [2.24, 2.45) is 0 Å². The van der Waals surface area contributed by atoms with Crippen molar-refractivity contribution in [2.45, 2.75) is 12.8 Å². The monoisotopic (exact) mass is 181 g/mol. The quantitative estimate of drug-likeness (QED) is 0.675. The number of aliphatic carboxylic acids is 1. The van der Waals surface area contributed by atoms with Crippen LogP contribution in [0.1, 0.15) is 6.92 Å². The van der Waals surface area contributed by atoms with E-state index in [2.05, 4.69) is 0 Å². The fraction of sp³-hybridized carbons (Fsp3) is 0.667. The first-order valence-corrected chi connectivity index (χ1v) is 3.10. The zero-order valence-electron chi connectivity index (χ0n) is 6.67. The number of carboxylic acids is 1. The molecule has 0 fully saturated rings. The van der Waals surface area contributed by atoms with Crippen LogP contribution in [0.25, 0.3) is 0 Å². The summed E-state index contributed by atoms with van der Waals surface area (Å²) in [5.41, 5.74) is 0. The Hall–Kier alpha value is -1.20. The second-order valence-electron chi connectivity index (χ2n) is 2.38. The highest BCUT2D eigenvalue weighted by Crippen LogP contribution is 2.14. The van der Waals surface area contributed by atoms with Gasteiger partial charge in [0.2, 0.25) is 5.91 Å². The van der Waals surface area contributed by atoms with Crippen molar-refractivity contribution in [3.63, 3.8) is 0 Å². The Balaban J connectivity index is 4.24. The molecule has 1 amide bonds. The van der Waals surface area contributed by atoms with Crippen LogP contribution >= 0.6 is 0 Å². The summed E-state index contributed by atoms with van der Waals surface area (Å²) in [6, 6.07) is 0. The van der Waals surface area contributed by atoms with E-state index in [0.29, 0.717) is 4.90 Å². The second-order valence-corrected chi connectivity index (χ2v) is 2.38. The van der Waals surface area contributed by atoms with Crippen molar-refractivity contribution in [1.82, 2.24) is 4.90 Å². The highest BCUT2D eigenvalue weighted by Gasteiger charge is 2.40. The van der Waals surface area contributed by atoms with Gasteiger partial charge in [0.15, 0.2) is 0 Å². The molecule has 1 N–H and O–H groups in total. The van der Waals surface area contributed by atoms with Gasteiger partial charge in [0.25, 0.3) is 0 Å². The lowest BCUT2D eigenvalue weighted by atomic mass is 10.3. The number of hydrogen-bond acceptors (Lipinski definition) is 2. The van der Waals surface area contributed by atoms with E-state index >= 15 is 0 Å². The first-order chi connectivity index (χ1) is 5.27. The van der Waals surface area contributed by atoms with Crippen molar-refractivity contribution in [3.05, 3.63) is 0 Å². The predicted molar refractivity (Wildman–Crippen MR) is 35.9 cm³/mol. The lowest BCUT2D eigenvalue weighted by molar-refractivity contribution is -0.168. The molecule has 4 nitrogen and oxygen atoms in total. The predicted octanol–water partition coefficient (Wildman–Crippen LogP) is 0.185. The van der Waals surface area contributed by atoms with E-state index in [4.69, 9.17) is 5.11 Å². The van der Waals surface area contributed by atoms with Gasteiger partial charge in [0.1, 0.15) is 0 Å². The molecule has 0 saturated carbocycles. The molecule has 0 radical (unpaired) electrons. The normalized spacial score (nSPS) is 11.0. The van der Waals surface area contributed by atoms with Gasteiger partial charge in [-0.05, 0) is 0 Å². The van der Waals surface area contributed by atoms with E-state index in [1.807, 2.05) is 0 Å². The van der Waals surface area contributed by atoms with Gasteiger partial charge in [-0.2, -0.15) is 8.78 Å². The molecule has 0 atom stereocenters. The standard InChI is InChI=1S/C6H9F2NO3/c1-4(10)9(2)3-6(7,8)5(11)12/h3H2,1-2H3,(H,11,12). The number of nitrogens with zero attached hydrogens (tertiary/aromatic N) is 1. The number of rotatable bonds is 3. The molecule has 0 aromatic carbocycles. The summed E-state index contributed by atoms with van der Waals surface area (Å²) in [7, 11) is 1.11. The van der Waals surface area contributed by atoms with Crippen LogP contribution < -0.4 is 0 Å². The van der Waals surface area contributed by atoms with Crippen LogP contribution in [0.4, 0.5) is 8.78 Å². The third-order valence-corrected chi connectivity index (χ3v) is 1.29. The lowest BCUT2D eigenvalue weighted by Gasteiger charge is -2.19. The molecule has 0 aliphatic rings. The number of hydrogen-bond donors (Lipinski definition) is 1. The average Bonchev–Trinajstić information content (AvgIpc) is 1.85.